The Morgan fingerprint density at radius 3 is 2.00 bits per heavy atom. The summed E-state index contributed by atoms with van der Waals surface area (Å²) in [6.45, 7) is 7.06. The van der Waals surface area contributed by atoms with Crippen molar-refractivity contribution in [3.05, 3.63) is 83.4 Å². The van der Waals surface area contributed by atoms with E-state index in [1.54, 1.807) is 3.58 Å². The first-order valence-electron chi connectivity index (χ1n) is 15.0. The molecule has 3 aromatic rings. The molecular formula is C35H46OSn. The molecule has 0 unspecified atom stereocenters. The van der Waals surface area contributed by atoms with E-state index in [1.807, 2.05) is 30.3 Å². The predicted molar refractivity (Wildman–Crippen MR) is 165 cm³/mol. The van der Waals surface area contributed by atoms with Gasteiger partial charge in [0.25, 0.3) is 0 Å². The van der Waals surface area contributed by atoms with Crippen molar-refractivity contribution in [2.75, 3.05) is 0 Å². The number of hydrogen-bond acceptors (Lipinski definition) is 1. The minimum absolute atomic E-state index is 0.210. The fraction of sp³-hybridized carbons (Fsp3) is 0.457. The van der Waals surface area contributed by atoms with Gasteiger partial charge in [0.05, 0.1) is 0 Å². The number of unbranched alkanes of at least 4 members (excludes halogenated alkanes) is 3. The molecule has 1 nitrogen and oxygen atoms in total. The molecule has 196 valence electrons. The Balaban J connectivity index is 2.08. The normalized spacial score (nSPS) is 14.1. The Morgan fingerprint density at radius 2 is 1.41 bits per heavy atom. The van der Waals surface area contributed by atoms with Crippen LogP contribution >= 0.6 is 0 Å². The molecule has 0 amide bonds. The van der Waals surface area contributed by atoms with Crippen LogP contribution in [-0.4, -0.2) is 24.2 Å². The third kappa shape index (κ3) is 6.41. The summed E-state index contributed by atoms with van der Waals surface area (Å²) < 4.78 is 5.93. The first-order valence-corrected chi connectivity index (χ1v) is 22.5. The van der Waals surface area contributed by atoms with Gasteiger partial charge in [0.15, 0.2) is 0 Å². The Kier molecular flexibility index (Phi) is 10.5. The zero-order chi connectivity index (χ0) is 26.1. The number of ketones is 1. The molecule has 0 aliphatic heterocycles. The van der Waals surface area contributed by atoms with Gasteiger partial charge in [-0.25, -0.2) is 0 Å². The second-order valence-corrected chi connectivity index (χ2v) is 24.3. The predicted octanol–water partition coefficient (Wildman–Crippen LogP) is 10.1. The maximum absolute atomic E-state index is 14.4. The molecule has 0 spiro atoms. The van der Waals surface area contributed by atoms with E-state index in [1.165, 1.54) is 81.2 Å². The van der Waals surface area contributed by atoms with Crippen LogP contribution in [0.5, 0.6) is 0 Å². The molecule has 2 heteroatoms. The summed E-state index contributed by atoms with van der Waals surface area (Å²) in [4.78, 5) is 14.4. The van der Waals surface area contributed by atoms with Gasteiger partial charge in [0.1, 0.15) is 0 Å². The summed E-state index contributed by atoms with van der Waals surface area (Å²) in [5, 5.41) is 2.41. The van der Waals surface area contributed by atoms with Crippen LogP contribution in [0.15, 0.2) is 66.7 Å². The molecule has 0 fully saturated rings. The summed E-state index contributed by atoms with van der Waals surface area (Å²) in [7, 11) is 0. The van der Waals surface area contributed by atoms with Crippen molar-refractivity contribution >= 4 is 44.1 Å². The Hall–Kier alpha value is -1.87. The first kappa shape index (κ1) is 28.1. The van der Waals surface area contributed by atoms with E-state index >= 15 is 0 Å². The van der Waals surface area contributed by atoms with Gasteiger partial charge in [0.2, 0.25) is 0 Å². The van der Waals surface area contributed by atoms with Crippen molar-refractivity contribution < 1.29 is 4.79 Å². The molecule has 4 rings (SSSR count). The third-order valence-electron chi connectivity index (χ3n) is 8.52. The van der Waals surface area contributed by atoms with Crippen LogP contribution in [0.3, 0.4) is 0 Å². The number of rotatable bonds is 13. The second kappa shape index (κ2) is 13.8. The maximum atomic E-state index is 14.4. The zero-order valence-electron chi connectivity index (χ0n) is 23.5. The molecule has 37 heavy (non-hydrogen) atoms. The van der Waals surface area contributed by atoms with Gasteiger partial charge in [-0.2, -0.15) is 0 Å². The number of carbonyl (C=O) groups excluding carboxylic acids is 1. The molecular weight excluding hydrogens is 555 g/mol. The molecule has 0 atom stereocenters. The number of hydrogen-bond donors (Lipinski definition) is 0. The SMILES string of the molecule is CCC[CH2][Sn]([CH2]CCC)([CH2]CCC)[c]1cc2ccccc2c(C(=O)c2ccccc2)c1C1=CCCCC1. The van der Waals surface area contributed by atoms with E-state index in [9.17, 15) is 4.79 Å². The van der Waals surface area contributed by atoms with Crippen LogP contribution in [0.25, 0.3) is 16.3 Å². The number of allylic oxidation sites excluding steroid dienone is 2. The zero-order valence-corrected chi connectivity index (χ0v) is 26.3. The van der Waals surface area contributed by atoms with E-state index in [4.69, 9.17) is 0 Å². The van der Waals surface area contributed by atoms with Gasteiger partial charge in [-0.1, -0.05) is 0 Å². The van der Waals surface area contributed by atoms with Gasteiger partial charge >= 0.3 is 231 Å². The summed E-state index contributed by atoms with van der Waals surface area (Å²) in [6.07, 6.45) is 15.0. The van der Waals surface area contributed by atoms with Crippen molar-refractivity contribution in [1.29, 1.82) is 0 Å². The fourth-order valence-electron chi connectivity index (χ4n) is 6.46. The summed E-state index contributed by atoms with van der Waals surface area (Å²) in [5.41, 5.74) is 4.67. The Bertz CT molecular complexity index is 1180. The molecule has 0 radical (unpaired) electrons. The molecule has 0 saturated carbocycles. The first-order chi connectivity index (χ1) is 18.1. The summed E-state index contributed by atoms with van der Waals surface area (Å²) in [5.74, 6) is 0.210. The van der Waals surface area contributed by atoms with Gasteiger partial charge in [-0.3, -0.25) is 0 Å². The van der Waals surface area contributed by atoms with Crippen LogP contribution in [0.2, 0.25) is 13.3 Å². The van der Waals surface area contributed by atoms with Crippen LogP contribution in [0, 0.1) is 0 Å². The molecule has 0 bridgehead atoms. The van der Waals surface area contributed by atoms with Crippen LogP contribution in [0.1, 0.15) is 106 Å². The monoisotopic (exact) mass is 602 g/mol. The van der Waals surface area contributed by atoms with E-state index in [2.05, 4.69) is 57.2 Å². The molecule has 3 aromatic carbocycles. The minimum atomic E-state index is -2.86. The second-order valence-electron chi connectivity index (χ2n) is 11.2. The van der Waals surface area contributed by atoms with Crippen LogP contribution < -0.4 is 3.58 Å². The average molecular weight is 601 g/mol. The van der Waals surface area contributed by atoms with Crippen molar-refractivity contribution in [2.24, 2.45) is 0 Å². The van der Waals surface area contributed by atoms with E-state index in [0.29, 0.717) is 0 Å². The number of carbonyl (C=O) groups is 1. The summed E-state index contributed by atoms with van der Waals surface area (Å²) >= 11 is -2.86. The van der Waals surface area contributed by atoms with Gasteiger partial charge in [0, 0.05) is 0 Å². The quantitative estimate of drug-likeness (QED) is 0.141. The molecule has 1 aliphatic carbocycles. The van der Waals surface area contributed by atoms with Crippen molar-refractivity contribution in [3.8, 4) is 0 Å². The van der Waals surface area contributed by atoms with Crippen molar-refractivity contribution in [1.82, 2.24) is 0 Å². The van der Waals surface area contributed by atoms with Crippen LogP contribution in [0.4, 0.5) is 0 Å². The number of fused-ring (bicyclic) bond motifs is 1. The molecule has 0 saturated heterocycles. The molecule has 1 aliphatic rings. The molecule has 0 heterocycles. The van der Waals surface area contributed by atoms with E-state index < -0.39 is 18.4 Å². The van der Waals surface area contributed by atoms with Crippen LogP contribution in [-0.2, 0) is 0 Å². The fourth-order valence-corrected chi connectivity index (χ4v) is 23.4. The van der Waals surface area contributed by atoms with E-state index in [-0.39, 0.29) is 5.78 Å². The Labute approximate surface area is 229 Å². The molecule has 0 aromatic heterocycles. The van der Waals surface area contributed by atoms with Gasteiger partial charge in [-0.05, 0) is 0 Å². The van der Waals surface area contributed by atoms with E-state index in [0.717, 1.165) is 29.4 Å². The van der Waals surface area contributed by atoms with Gasteiger partial charge < -0.3 is 0 Å². The molecule has 0 N–H and O–H groups in total. The standard InChI is InChI=1S/C23H19O.3C4H9.Sn/c24-23(19-12-5-2-6-13-19)22-20-14-8-7-11-18(20)15-16-21(22)17-9-3-1-4-10-17;3*1-3-4-2;/h2,5-9,11-15H,1,3-4,10H2;3*1,3-4H2,2H3;. The van der Waals surface area contributed by atoms with Gasteiger partial charge in [-0.15, -0.1) is 0 Å². The van der Waals surface area contributed by atoms with Crippen molar-refractivity contribution in [2.45, 2.75) is 98.3 Å². The number of benzene rings is 3. The third-order valence-corrected chi connectivity index (χ3v) is 24.1. The Morgan fingerprint density at radius 1 is 0.784 bits per heavy atom. The summed E-state index contributed by atoms with van der Waals surface area (Å²) in [6, 6.07) is 21.4. The average Bonchev–Trinajstić information content (AvgIpc) is 2.96. The van der Waals surface area contributed by atoms with Crippen molar-refractivity contribution in [3.63, 3.8) is 0 Å². The topological polar surface area (TPSA) is 17.1 Å².